The van der Waals surface area contributed by atoms with Crippen LogP contribution >= 0.6 is 0 Å². The molecule has 0 radical (unpaired) electrons. The van der Waals surface area contributed by atoms with Crippen LogP contribution < -0.4 is 19.5 Å². The maximum absolute atomic E-state index is 12.7. The smallest absolute Gasteiger partial charge is 0.226 e. The van der Waals surface area contributed by atoms with Gasteiger partial charge in [0.1, 0.15) is 17.2 Å². The highest BCUT2D eigenvalue weighted by molar-refractivity contribution is 5.90. The fourth-order valence-electron chi connectivity index (χ4n) is 3.76. The van der Waals surface area contributed by atoms with Gasteiger partial charge in [0.2, 0.25) is 11.8 Å². The van der Waals surface area contributed by atoms with E-state index in [9.17, 15) is 4.79 Å². The monoisotopic (exact) mass is 471 g/mol. The molecule has 1 heterocycles. The Labute approximate surface area is 205 Å². The largest absolute Gasteiger partial charge is 0.497 e. The van der Waals surface area contributed by atoms with E-state index >= 15 is 0 Å². The summed E-state index contributed by atoms with van der Waals surface area (Å²) in [6, 6.07) is 24.5. The van der Waals surface area contributed by atoms with Crippen molar-refractivity contribution in [3.63, 3.8) is 0 Å². The maximum Gasteiger partial charge on any atom is 0.226 e. The number of anilines is 1. The van der Waals surface area contributed by atoms with E-state index in [4.69, 9.17) is 19.3 Å². The van der Waals surface area contributed by atoms with E-state index in [1.54, 1.807) is 18.9 Å². The third-order valence-corrected chi connectivity index (χ3v) is 5.61. The number of aromatic nitrogens is 2. The molecule has 0 atom stereocenters. The molecule has 1 aromatic heterocycles. The molecule has 0 aliphatic rings. The minimum Gasteiger partial charge on any atom is -0.497 e. The van der Waals surface area contributed by atoms with Crippen LogP contribution in [0.25, 0.3) is 5.69 Å². The fraction of sp³-hybridized carbons (Fsp3) is 0.214. The quantitative estimate of drug-likeness (QED) is 0.316. The molecule has 7 heteroatoms. The summed E-state index contributed by atoms with van der Waals surface area (Å²) < 4.78 is 18.7. The second-order valence-corrected chi connectivity index (χ2v) is 7.89. The molecule has 0 saturated heterocycles. The number of hydrogen-bond acceptors (Lipinski definition) is 5. The summed E-state index contributed by atoms with van der Waals surface area (Å²) in [5.41, 5.74) is 3.40. The van der Waals surface area contributed by atoms with E-state index in [0.717, 1.165) is 34.1 Å². The number of amides is 1. The Morgan fingerprint density at radius 1 is 0.857 bits per heavy atom. The molecule has 0 fully saturated rings. The van der Waals surface area contributed by atoms with Crippen molar-refractivity contribution >= 4 is 11.6 Å². The molecular formula is C28H29N3O4. The van der Waals surface area contributed by atoms with Crippen LogP contribution in [0, 0.1) is 0 Å². The Morgan fingerprint density at radius 2 is 1.46 bits per heavy atom. The Hall–Kier alpha value is -4.26. The summed E-state index contributed by atoms with van der Waals surface area (Å²) in [4.78, 5) is 12.7. The van der Waals surface area contributed by atoms with Crippen LogP contribution in [0.2, 0.25) is 0 Å². The van der Waals surface area contributed by atoms with Crippen LogP contribution in [0.4, 0.5) is 5.69 Å². The topological polar surface area (TPSA) is 74.6 Å². The summed E-state index contributed by atoms with van der Waals surface area (Å²) in [6.45, 7) is 2.05. The number of nitrogens with zero attached hydrogens (tertiary/aromatic N) is 2. The molecule has 4 rings (SSSR count). The van der Waals surface area contributed by atoms with Crippen molar-refractivity contribution in [2.75, 3.05) is 19.5 Å². The molecule has 0 aliphatic carbocycles. The van der Waals surface area contributed by atoms with Gasteiger partial charge in [-0.3, -0.25) is 4.79 Å². The zero-order chi connectivity index (χ0) is 24.6. The zero-order valence-electron chi connectivity index (χ0n) is 20.2. The number of aryl methyl sites for hydroxylation is 1. The SMILES string of the molecule is CCc1nn(-c2ccc(OC)cc2)c(Oc2ccc(OC)cc2)c1CCC(=O)Nc1ccccc1. The number of para-hydroxylation sites is 1. The molecule has 1 amide bonds. The van der Waals surface area contributed by atoms with Crippen LogP contribution in [-0.4, -0.2) is 29.9 Å². The van der Waals surface area contributed by atoms with Gasteiger partial charge in [-0.1, -0.05) is 25.1 Å². The second kappa shape index (κ2) is 11.2. The summed E-state index contributed by atoms with van der Waals surface area (Å²) in [5.74, 6) is 2.67. The van der Waals surface area contributed by atoms with Gasteiger partial charge in [0, 0.05) is 17.7 Å². The van der Waals surface area contributed by atoms with Gasteiger partial charge in [-0.15, -0.1) is 0 Å². The predicted molar refractivity (Wildman–Crippen MR) is 136 cm³/mol. The first-order valence-corrected chi connectivity index (χ1v) is 11.5. The predicted octanol–water partition coefficient (Wildman–Crippen LogP) is 5.82. The standard InChI is InChI=1S/C28H29N3O4/c1-4-26-25(18-19-27(32)29-20-8-6-5-7-9-20)28(35-24-16-14-23(34-3)15-17-24)31(30-26)21-10-12-22(33-2)13-11-21/h5-17H,4,18-19H2,1-3H3,(H,29,32). The lowest BCUT2D eigenvalue weighted by atomic mass is 10.1. The van der Waals surface area contributed by atoms with Crippen molar-refractivity contribution in [1.29, 1.82) is 0 Å². The first-order valence-electron chi connectivity index (χ1n) is 11.5. The molecule has 0 unspecified atom stereocenters. The van der Waals surface area contributed by atoms with Gasteiger partial charge in [0.05, 0.1) is 25.6 Å². The number of benzene rings is 3. The van der Waals surface area contributed by atoms with Crippen molar-refractivity contribution in [2.24, 2.45) is 0 Å². The van der Waals surface area contributed by atoms with Crippen LogP contribution in [0.5, 0.6) is 23.1 Å². The van der Waals surface area contributed by atoms with Gasteiger partial charge >= 0.3 is 0 Å². The number of carbonyl (C=O) groups excluding carboxylic acids is 1. The van der Waals surface area contributed by atoms with Crippen molar-refractivity contribution in [2.45, 2.75) is 26.2 Å². The van der Waals surface area contributed by atoms with Gasteiger partial charge in [-0.25, -0.2) is 4.68 Å². The minimum atomic E-state index is -0.0640. The number of ether oxygens (including phenoxy) is 3. The van der Waals surface area contributed by atoms with E-state index in [1.165, 1.54) is 0 Å². The van der Waals surface area contributed by atoms with Crippen LogP contribution in [0.3, 0.4) is 0 Å². The fourth-order valence-corrected chi connectivity index (χ4v) is 3.76. The molecule has 0 saturated carbocycles. The summed E-state index contributed by atoms with van der Waals surface area (Å²) >= 11 is 0. The Bertz CT molecular complexity index is 1250. The van der Waals surface area contributed by atoms with Crippen molar-refractivity contribution in [1.82, 2.24) is 9.78 Å². The first kappa shape index (κ1) is 23.9. The van der Waals surface area contributed by atoms with E-state index in [-0.39, 0.29) is 5.91 Å². The lowest BCUT2D eigenvalue weighted by Crippen LogP contribution is -2.12. The second-order valence-electron chi connectivity index (χ2n) is 7.89. The van der Waals surface area contributed by atoms with E-state index in [2.05, 4.69) is 5.32 Å². The van der Waals surface area contributed by atoms with Gasteiger partial charge in [-0.05, 0) is 73.5 Å². The highest BCUT2D eigenvalue weighted by Crippen LogP contribution is 2.33. The summed E-state index contributed by atoms with van der Waals surface area (Å²) in [6.07, 6.45) is 1.50. The van der Waals surface area contributed by atoms with Gasteiger partial charge in [0.15, 0.2) is 0 Å². The average molecular weight is 472 g/mol. The average Bonchev–Trinajstić information content (AvgIpc) is 3.25. The van der Waals surface area contributed by atoms with Crippen LogP contribution in [0.15, 0.2) is 78.9 Å². The summed E-state index contributed by atoms with van der Waals surface area (Å²) in [5, 5.41) is 7.79. The molecule has 1 N–H and O–H groups in total. The Balaban J connectivity index is 1.65. The highest BCUT2D eigenvalue weighted by atomic mass is 16.5. The molecule has 3 aromatic carbocycles. The number of nitrogens with one attached hydrogen (secondary N) is 1. The van der Waals surface area contributed by atoms with Crippen LogP contribution in [-0.2, 0) is 17.6 Å². The van der Waals surface area contributed by atoms with Crippen molar-refractivity contribution in [3.8, 4) is 28.8 Å². The molecular weight excluding hydrogens is 442 g/mol. The third-order valence-electron chi connectivity index (χ3n) is 5.61. The van der Waals surface area contributed by atoms with E-state index in [0.29, 0.717) is 30.9 Å². The first-order chi connectivity index (χ1) is 17.1. The third kappa shape index (κ3) is 5.81. The molecule has 4 aromatic rings. The van der Waals surface area contributed by atoms with Crippen LogP contribution in [0.1, 0.15) is 24.6 Å². The van der Waals surface area contributed by atoms with Gasteiger partial charge in [-0.2, -0.15) is 5.10 Å². The zero-order valence-corrected chi connectivity index (χ0v) is 20.2. The lowest BCUT2D eigenvalue weighted by molar-refractivity contribution is -0.116. The minimum absolute atomic E-state index is 0.0640. The molecule has 0 aliphatic heterocycles. The van der Waals surface area contributed by atoms with E-state index < -0.39 is 0 Å². The Morgan fingerprint density at radius 3 is 2.06 bits per heavy atom. The number of hydrogen-bond donors (Lipinski definition) is 1. The number of rotatable bonds is 10. The van der Waals surface area contributed by atoms with Crippen molar-refractivity contribution in [3.05, 3.63) is 90.1 Å². The normalized spacial score (nSPS) is 10.6. The van der Waals surface area contributed by atoms with Crippen molar-refractivity contribution < 1.29 is 19.0 Å². The number of methoxy groups -OCH3 is 2. The van der Waals surface area contributed by atoms with E-state index in [1.807, 2.05) is 85.8 Å². The molecule has 35 heavy (non-hydrogen) atoms. The molecule has 180 valence electrons. The maximum atomic E-state index is 12.7. The lowest BCUT2D eigenvalue weighted by Gasteiger charge is -2.12. The molecule has 0 spiro atoms. The highest BCUT2D eigenvalue weighted by Gasteiger charge is 2.21. The molecule has 0 bridgehead atoms. The Kier molecular flexibility index (Phi) is 7.67. The van der Waals surface area contributed by atoms with Gasteiger partial charge < -0.3 is 19.5 Å². The summed E-state index contributed by atoms with van der Waals surface area (Å²) in [7, 11) is 3.26. The molecule has 7 nitrogen and oxygen atoms in total. The number of carbonyl (C=O) groups is 1. The van der Waals surface area contributed by atoms with Gasteiger partial charge in [0.25, 0.3) is 0 Å².